The number of ether oxygens (including phenoxy) is 1. The van der Waals surface area contributed by atoms with Gasteiger partial charge in [0.2, 0.25) is 0 Å². The molecule has 0 spiro atoms. The van der Waals surface area contributed by atoms with Gasteiger partial charge in [-0.2, -0.15) is 0 Å². The number of rotatable bonds is 7. The first-order chi connectivity index (χ1) is 7.76. The third kappa shape index (κ3) is 4.81. The van der Waals surface area contributed by atoms with Gasteiger partial charge in [-0.25, -0.2) is 0 Å². The summed E-state index contributed by atoms with van der Waals surface area (Å²) in [7, 11) is 0. The molecule has 5 nitrogen and oxygen atoms in total. The summed E-state index contributed by atoms with van der Waals surface area (Å²) in [5, 5.41) is 14.9. The zero-order valence-electron chi connectivity index (χ0n) is 9.98. The Hall–Kier alpha value is -0.810. The van der Waals surface area contributed by atoms with E-state index in [4.69, 9.17) is 15.7 Å². The van der Waals surface area contributed by atoms with Gasteiger partial charge in [0.15, 0.2) is 0 Å². The summed E-state index contributed by atoms with van der Waals surface area (Å²) in [5.74, 6) is 0.998. The molecular formula is C11H23N3O2. The predicted molar refractivity (Wildman–Crippen MR) is 63.7 cm³/mol. The molecule has 0 aromatic heterocycles. The first-order valence-electron chi connectivity index (χ1n) is 6.03. The molecule has 0 aromatic carbocycles. The van der Waals surface area contributed by atoms with Crippen molar-refractivity contribution in [3.05, 3.63) is 0 Å². The average Bonchev–Trinajstić information content (AvgIpc) is 2.80. The second kappa shape index (κ2) is 7.46. The molecule has 0 aromatic rings. The Morgan fingerprint density at radius 2 is 2.50 bits per heavy atom. The molecule has 2 unspecified atom stereocenters. The normalized spacial score (nSPS) is 23.6. The summed E-state index contributed by atoms with van der Waals surface area (Å²) in [6.45, 7) is 4.89. The Morgan fingerprint density at radius 1 is 1.69 bits per heavy atom. The van der Waals surface area contributed by atoms with Gasteiger partial charge < -0.3 is 21.0 Å². The number of amidine groups is 1. The van der Waals surface area contributed by atoms with Crippen LogP contribution in [-0.4, -0.2) is 36.8 Å². The SMILES string of the molecule is CCC(CC(N)=NO)NCCC1CCOC1. The van der Waals surface area contributed by atoms with E-state index < -0.39 is 0 Å². The Kier molecular flexibility index (Phi) is 6.18. The Morgan fingerprint density at radius 3 is 3.06 bits per heavy atom. The van der Waals surface area contributed by atoms with Gasteiger partial charge in [0.05, 0.1) is 0 Å². The van der Waals surface area contributed by atoms with Crippen LogP contribution in [0.25, 0.3) is 0 Å². The highest BCUT2D eigenvalue weighted by Gasteiger charge is 2.15. The van der Waals surface area contributed by atoms with Gasteiger partial charge in [0, 0.05) is 25.7 Å². The summed E-state index contributed by atoms with van der Waals surface area (Å²) >= 11 is 0. The van der Waals surface area contributed by atoms with Crippen molar-refractivity contribution < 1.29 is 9.94 Å². The number of nitrogens with zero attached hydrogens (tertiary/aromatic N) is 1. The maximum absolute atomic E-state index is 8.50. The number of hydrogen-bond acceptors (Lipinski definition) is 4. The second-order valence-electron chi connectivity index (χ2n) is 4.37. The van der Waals surface area contributed by atoms with Crippen molar-refractivity contribution in [3.8, 4) is 0 Å². The highest BCUT2D eigenvalue weighted by molar-refractivity contribution is 5.80. The molecule has 4 N–H and O–H groups in total. The molecule has 0 radical (unpaired) electrons. The minimum absolute atomic E-state index is 0.295. The molecule has 1 rings (SSSR count). The summed E-state index contributed by atoms with van der Waals surface area (Å²) in [6.07, 6.45) is 3.91. The topological polar surface area (TPSA) is 79.9 Å². The van der Waals surface area contributed by atoms with Gasteiger partial charge in [-0.05, 0) is 31.7 Å². The lowest BCUT2D eigenvalue weighted by Gasteiger charge is -2.17. The fraction of sp³-hybridized carbons (Fsp3) is 0.909. The van der Waals surface area contributed by atoms with Gasteiger partial charge in [0.1, 0.15) is 5.84 Å². The molecule has 0 aliphatic carbocycles. The van der Waals surface area contributed by atoms with Crippen molar-refractivity contribution in [1.29, 1.82) is 0 Å². The third-order valence-corrected chi connectivity index (χ3v) is 3.09. The van der Waals surface area contributed by atoms with Crippen molar-refractivity contribution >= 4 is 5.84 Å². The van der Waals surface area contributed by atoms with E-state index >= 15 is 0 Å². The van der Waals surface area contributed by atoms with E-state index in [0.29, 0.717) is 24.2 Å². The van der Waals surface area contributed by atoms with Crippen LogP contribution in [0.4, 0.5) is 0 Å². The van der Waals surface area contributed by atoms with E-state index in [9.17, 15) is 0 Å². The van der Waals surface area contributed by atoms with Crippen molar-refractivity contribution in [2.45, 2.75) is 38.6 Å². The molecule has 16 heavy (non-hydrogen) atoms. The van der Waals surface area contributed by atoms with E-state index in [1.54, 1.807) is 0 Å². The zero-order chi connectivity index (χ0) is 11.8. The number of nitrogens with one attached hydrogen (secondary N) is 1. The third-order valence-electron chi connectivity index (χ3n) is 3.09. The number of oxime groups is 1. The van der Waals surface area contributed by atoms with Crippen molar-refractivity contribution in [3.63, 3.8) is 0 Å². The molecule has 1 aliphatic rings. The molecule has 0 saturated carbocycles. The Bertz CT molecular complexity index is 215. The van der Waals surface area contributed by atoms with Crippen LogP contribution in [-0.2, 0) is 4.74 Å². The molecule has 0 bridgehead atoms. The van der Waals surface area contributed by atoms with E-state index in [2.05, 4.69) is 17.4 Å². The van der Waals surface area contributed by atoms with E-state index in [1.807, 2.05) is 0 Å². The summed E-state index contributed by atoms with van der Waals surface area (Å²) < 4.78 is 5.32. The summed E-state index contributed by atoms with van der Waals surface area (Å²) in [6, 6.07) is 0.304. The fourth-order valence-corrected chi connectivity index (χ4v) is 1.96. The first-order valence-corrected chi connectivity index (χ1v) is 6.03. The molecule has 1 heterocycles. The van der Waals surface area contributed by atoms with Crippen LogP contribution in [0.3, 0.4) is 0 Å². The van der Waals surface area contributed by atoms with Crippen molar-refractivity contribution in [2.24, 2.45) is 16.8 Å². The Labute approximate surface area is 97.0 Å². The van der Waals surface area contributed by atoms with Crippen LogP contribution >= 0.6 is 0 Å². The lowest BCUT2D eigenvalue weighted by Crippen LogP contribution is -2.34. The van der Waals surface area contributed by atoms with Gasteiger partial charge in [-0.3, -0.25) is 0 Å². The molecule has 2 atom stereocenters. The summed E-state index contributed by atoms with van der Waals surface area (Å²) in [4.78, 5) is 0. The fourth-order valence-electron chi connectivity index (χ4n) is 1.96. The standard InChI is InChI=1S/C11H23N3O2/c1-2-10(7-11(12)14-15)13-5-3-9-4-6-16-8-9/h9-10,13,15H,2-8H2,1H3,(H2,12,14). The highest BCUT2D eigenvalue weighted by atomic mass is 16.5. The van der Waals surface area contributed by atoms with Gasteiger partial charge >= 0.3 is 0 Å². The van der Waals surface area contributed by atoms with Crippen molar-refractivity contribution in [1.82, 2.24) is 5.32 Å². The van der Waals surface area contributed by atoms with Gasteiger partial charge in [0.25, 0.3) is 0 Å². The van der Waals surface area contributed by atoms with E-state index in [0.717, 1.165) is 32.6 Å². The number of nitrogens with two attached hydrogens (primary N) is 1. The molecule has 1 fully saturated rings. The minimum Gasteiger partial charge on any atom is -0.409 e. The molecule has 5 heteroatoms. The average molecular weight is 229 g/mol. The maximum atomic E-state index is 8.50. The Balaban J connectivity index is 2.12. The quantitative estimate of drug-likeness (QED) is 0.262. The second-order valence-corrected chi connectivity index (χ2v) is 4.37. The molecule has 1 aliphatic heterocycles. The highest BCUT2D eigenvalue weighted by Crippen LogP contribution is 2.15. The van der Waals surface area contributed by atoms with Crippen LogP contribution in [0.15, 0.2) is 5.16 Å². The van der Waals surface area contributed by atoms with E-state index in [-0.39, 0.29) is 0 Å². The largest absolute Gasteiger partial charge is 0.409 e. The van der Waals surface area contributed by atoms with Crippen LogP contribution in [0.1, 0.15) is 32.6 Å². The van der Waals surface area contributed by atoms with Crippen LogP contribution in [0, 0.1) is 5.92 Å². The zero-order valence-corrected chi connectivity index (χ0v) is 9.98. The van der Waals surface area contributed by atoms with Gasteiger partial charge in [-0.1, -0.05) is 12.1 Å². The maximum Gasteiger partial charge on any atom is 0.140 e. The van der Waals surface area contributed by atoms with Crippen LogP contribution in [0.5, 0.6) is 0 Å². The van der Waals surface area contributed by atoms with Crippen LogP contribution < -0.4 is 11.1 Å². The molecule has 1 saturated heterocycles. The first kappa shape index (κ1) is 13.3. The lowest BCUT2D eigenvalue weighted by atomic mass is 10.0. The summed E-state index contributed by atoms with van der Waals surface area (Å²) in [5.41, 5.74) is 5.48. The van der Waals surface area contributed by atoms with E-state index in [1.165, 1.54) is 6.42 Å². The minimum atomic E-state index is 0.295. The molecular weight excluding hydrogens is 206 g/mol. The smallest absolute Gasteiger partial charge is 0.140 e. The predicted octanol–water partition coefficient (Wildman–Crippen LogP) is 0.918. The van der Waals surface area contributed by atoms with Gasteiger partial charge in [-0.15, -0.1) is 0 Å². The molecule has 94 valence electrons. The number of hydrogen-bond donors (Lipinski definition) is 3. The van der Waals surface area contributed by atoms with Crippen molar-refractivity contribution in [2.75, 3.05) is 19.8 Å². The van der Waals surface area contributed by atoms with Crippen LogP contribution in [0.2, 0.25) is 0 Å². The monoisotopic (exact) mass is 229 g/mol. The molecule has 0 amide bonds. The lowest BCUT2D eigenvalue weighted by molar-refractivity contribution is 0.184.